The molecule has 174 valence electrons. The van der Waals surface area contributed by atoms with Crippen LogP contribution in [-0.2, 0) is 6.54 Å². The summed E-state index contributed by atoms with van der Waals surface area (Å²) < 4.78 is 0. The second kappa shape index (κ2) is 13.2. The quantitative estimate of drug-likeness (QED) is 0.311. The van der Waals surface area contributed by atoms with E-state index in [-0.39, 0.29) is 29.9 Å². The Kier molecular flexibility index (Phi) is 10.7. The third-order valence-corrected chi connectivity index (χ3v) is 5.25. The van der Waals surface area contributed by atoms with Gasteiger partial charge in [0.2, 0.25) is 0 Å². The second-order valence-electron chi connectivity index (χ2n) is 7.82. The van der Waals surface area contributed by atoms with E-state index >= 15 is 0 Å². The van der Waals surface area contributed by atoms with Gasteiger partial charge in [0.15, 0.2) is 5.96 Å². The number of hydrogen-bond acceptors (Lipinski definition) is 5. The van der Waals surface area contributed by atoms with Gasteiger partial charge in [-0.2, -0.15) is 0 Å². The van der Waals surface area contributed by atoms with Gasteiger partial charge in [-0.15, -0.1) is 24.0 Å². The maximum absolute atomic E-state index is 12.4. The molecule has 1 aromatic carbocycles. The van der Waals surface area contributed by atoms with E-state index in [1.54, 1.807) is 0 Å². The molecule has 1 amide bonds. The van der Waals surface area contributed by atoms with Crippen molar-refractivity contribution in [1.29, 1.82) is 0 Å². The monoisotopic (exact) mass is 551 g/mol. The number of aromatic nitrogens is 1. The van der Waals surface area contributed by atoms with Crippen LogP contribution in [0.15, 0.2) is 53.7 Å². The van der Waals surface area contributed by atoms with Crippen LogP contribution >= 0.6 is 24.0 Å². The fourth-order valence-corrected chi connectivity index (χ4v) is 3.52. The van der Waals surface area contributed by atoms with Gasteiger partial charge in [-0.25, -0.2) is 4.98 Å². The number of anilines is 1. The molecule has 2 aromatic rings. The average Bonchev–Trinajstić information content (AvgIpc) is 2.80. The molecule has 1 aromatic heterocycles. The lowest BCUT2D eigenvalue weighted by atomic mass is 10.1. The molecule has 0 atom stereocenters. The van der Waals surface area contributed by atoms with Crippen molar-refractivity contribution in [3.8, 4) is 0 Å². The zero-order chi connectivity index (χ0) is 22.1. The Morgan fingerprint density at radius 2 is 1.88 bits per heavy atom. The largest absolute Gasteiger partial charge is 0.353 e. The minimum absolute atomic E-state index is 0. The summed E-state index contributed by atoms with van der Waals surface area (Å²) in [7, 11) is 5.79. The highest BCUT2D eigenvalue weighted by Gasteiger charge is 2.20. The van der Waals surface area contributed by atoms with Gasteiger partial charge in [0.1, 0.15) is 5.82 Å². The van der Waals surface area contributed by atoms with Crippen molar-refractivity contribution >= 4 is 41.7 Å². The van der Waals surface area contributed by atoms with Crippen molar-refractivity contribution in [2.24, 2.45) is 4.99 Å². The van der Waals surface area contributed by atoms with Gasteiger partial charge in [-0.1, -0.05) is 18.2 Å². The first-order valence-corrected chi connectivity index (χ1v) is 10.7. The molecule has 0 spiro atoms. The van der Waals surface area contributed by atoms with E-state index < -0.39 is 0 Å². The maximum atomic E-state index is 12.4. The number of halogens is 1. The summed E-state index contributed by atoms with van der Waals surface area (Å²) in [6.07, 6.45) is 1.83. The number of carbonyl (C=O) groups excluding carboxylic acids is 1. The number of hydrogen-bond donors (Lipinski definition) is 2. The lowest BCUT2D eigenvalue weighted by molar-refractivity contribution is 0.0951. The van der Waals surface area contributed by atoms with Crippen molar-refractivity contribution in [2.45, 2.75) is 6.54 Å². The summed E-state index contributed by atoms with van der Waals surface area (Å²) in [5.41, 5.74) is 1.73. The molecule has 1 aliphatic heterocycles. The van der Waals surface area contributed by atoms with Crippen molar-refractivity contribution in [3.63, 3.8) is 0 Å². The third kappa shape index (κ3) is 7.63. The molecule has 2 N–H and O–H groups in total. The van der Waals surface area contributed by atoms with Crippen LogP contribution in [0.4, 0.5) is 5.82 Å². The van der Waals surface area contributed by atoms with Crippen LogP contribution in [0.2, 0.25) is 0 Å². The molecule has 0 radical (unpaired) electrons. The first-order valence-electron chi connectivity index (χ1n) is 10.7. The van der Waals surface area contributed by atoms with Crippen LogP contribution in [-0.4, -0.2) is 87.1 Å². The van der Waals surface area contributed by atoms with Crippen LogP contribution in [0.3, 0.4) is 0 Å². The van der Waals surface area contributed by atoms with E-state index in [1.807, 2.05) is 74.7 Å². The van der Waals surface area contributed by atoms with Crippen LogP contribution in [0.1, 0.15) is 15.9 Å². The summed E-state index contributed by atoms with van der Waals surface area (Å²) >= 11 is 0. The van der Waals surface area contributed by atoms with E-state index in [4.69, 9.17) is 0 Å². The Hall–Kier alpha value is -2.40. The van der Waals surface area contributed by atoms with E-state index in [0.717, 1.165) is 50.1 Å². The summed E-state index contributed by atoms with van der Waals surface area (Å²) in [4.78, 5) is 27.9. The Labute approximate surface area is 208 Å². The number of amides is 1. The highest BCUT2D eigenvalue weighted by atomic mass is 127. The van der Waals surface area contributed by atoms with Crippen molar-refractivity contribution < 1.29 is 4.79 Å². The van der Waals surface area contributed by atoms with E-state index in [1.165, 1.54) is 0 Å². The van der Waals surface area contributed by atoms with Gasteiger partial charge >= 0.3 is 0 Å². The van der Waals surface area contributed by atoms with Gasteiger partial charge in [0.05, 0.1) is 0 Å². The molecule has 0 unspecified atom stereocenters. The predicted molar refractivity (Wildman–Crippen MR) is 141 cm³/mol. The molecule has 0 aliphatic carbocycles. The number of benzene rings is 1. The zero-order valence-electron chi connectivity index (χ0n) is 19.1. The zero-order valence-corrected chi connectivity index (χ0v) is 21.5. The van der Waals surface area contributed by atoms with Crippen molar-refractivity contribution in [3.05, 3.63) is 59.8 Å². The normalized spacial score (nSPS) is 14.2. The summed E-state index contributed by atoms with van der Waals surface area (Å²) in [6, 6.07) is 13.7. The second-order valence-corrected chi connectivity index (χ2v) is 7.82. The number of carbonyl (C=O) groups is 1. The molecule has 9 heteroatoms. The number of rotatable bonds is 7. The van der Waals surface area contributed by atoms with Crippen LogP contribution < -0.4 is 15.5 Å². The first kappa shape index (κ1) is 25.9. The standard InChI is InChI=1S/C23H33N7O.HI/c1-24-23(30-15-13-29(14-16-30)21-9-4-5-10-25-21)27-18-19-7-6-8-20(17-19)22(31)26-11-12-28(2)3;/h4-10,17H,11-16,18H2,1-3H3,(H,24,27)(H,26,31);1H. The Morgan fingerprint density at radius 1 is 1.09 bits per heavy atom. The molecule has 3 rings (SSSR count). The molecule has 1 aliphatic rings. The molecule has 0 saturated carbocycles. The van der Waals surface area contributed by atoms with Crippen LogP contribution in [0.5, 0.6) is 0 Å². The molecule has 0 bridgehead atoms. The highest BCUT2D eigenvalue weighted by Crippen LogP contribution is 2.13. The number of nitrogens with one attached hydrogen (secondary N) is 2. The van der Waals surface area contributed by atoms with Gasteiger partial charge in [0, 0.05) is 64.6 Å². The highest BCUT2D eigenvalue weighted by molar-refractivity contribution is 14.0. The van der Waals surface area contributed by atoms with Gasteiger partial charge in [-0.3, -0.25) is 9.79 Å². The number of nitrogens with zero attached hydrogens (tertiary/aromatic N) is 5. The SMILES string of the molecule is CN=C(NCc1cccc(C(=O)NCCN(C)C)c1)N1CCN(c2ccccn2)CC1.I. The Morgan fingerprint density at radius 3 is 2.53 bits per heavy atom. The maximum Gasteiger partial charge on any atom is 0.251 e. The molecule has 1 fully saturated rings. The molecular weight excluding hydrogens is 517 g/mol. The van der Waals surface area contributed by atoms with Crippen LogP contribution in [0, 0.1) is 0 Å². The smallest absolute Gasteiger partial charge is 0.251 e. The average molecular weight is 551 g/mol. The van der Waals surface area contributed by atoms with Crippen LogP contribution in [0.25, 0.3) is 0 Å². The van der Waals surface area contributed by atoms with E-state index in [2.05, 4.69) is 30.4 Å². The number of pyridine rings is 1. The fraction of sp³-hybridized carbons (Fsp3) is 0.435. The minimum atomic E-state index is -0.0428. The number of piperazine rings is 1. The summed E-state index contributed by atoms with van der Waals surface area (Å²) in [6.45, 7) is 5.63. The number of guanidine groups is 1. The first-order chi connectivity index (χ1) is 15.1. The molecule has 2 heterocycles. The topological polar surface area (TPSA) is 76.1 Å². The minimum Gasteiger partial charge on any atom is -0.353 e. The Bertz CT molecular complexity index is 868. The van der Waals surface area contributed by atoms with Gasteiger partial charge in [0.25, 0.3) is 5.91 Å². The lowest BCUT2D eigenvalue weighted by Crippen LogP contribution is -2.52. The van der Waals surface area contributed by atoms with E-state index in [9.17, 15) is 4.79 Å². The van der Waals surface area contributed by atoms with Crippen molar-refractivity contribution in [2.75, 3.05) is 65.3 Å². The molecule has 1 saturated heterocycles. The third-order valence-electron chi connectivity index (χ3n) is 5.25. The summed E-state index contributed by atoms with van der Waals surface area (Å²) in [5, 5.41) is 6.40. The summed E-state index contributed by atoms with van der Waals surface area (Å²) in [5.74, 6) is 1.85. The van der Waals surface area contributed by atoms with Gasteiger partial charge < -0.3 is 25.3 Å². The Balaban J connectivity index is 0.00000363. The van der Waals surface area contributed by atoms with Gasteiger partial charge in [-0.05, 0) is 43.9 Å². The molecule has 32 heavy (non-hydrogen) atoms. The lowest BCUT2D eigenvalue weighted by Gasteiger charge is -2.37. The number of likely N-dealkylation sites (N-methyl/N-ethyl adjacent to an activating group) is 1. The fourth-order valence-electron chi connectivity index (χ4n) is 3.52. The van der Waals surface area contributed by atoms with E-state index in [0.29, 0.717) is 18.7 Å². The predicted octanol–water partition coefficient (Wildman–Crippen LogP) is 1.89. The molecule has 8 nitrogen and oxygen atoms in total. The van der Waals surface area contributed by atoms with Crippen molar-refractivity contribution in [1.82, 2.24) is 25.4 Å². The number of aliphatic imine (C=N–C) groups is 1. The molecular formula is C23H34IN7O.